The number of aliphatic carboxylic acids is 1. The zero-order chi connectivity index (χ0) is 14.1. The standard InChI is InChI=1S/C10H4Cl2F4O2/c11-6-2-1-5(10(14,15)16)8(12)4(6)3-7(13)9(17)18/h1-3H,(H,17,18)/p-1. The third kappa shape index (κ3) is 3.14. The number of carboxylic acids is 1. The van der Waals surface area contributed by atoms with Crippen LogP contribution in [0.15, 0.2) is 18.0 Å². The molecule has 8 heteroatoms. The molecule has 0 heterocycles. The van der Waals surface area contributed by atoms with Gasteiger partial charge in [0.25, 0.3) is 0 Å². The van der Waals surface area contributed by atoms with E-state index >= 15 is 0 Å². The Balaban J connectivity index is 3.46. The van der Waals surface area contributed by atoms with Crippen LogP contribution in [0, 0.1) is 0 Å². The summed E-state index contributed by atoms with van der Waals surface area (Å²) in [6, 6.07) is 1.45. The number of hydrogen-bond acceptors (Lipinski definition) is 2. The van der Waals surface area contributed by atoms with Gasteiger partial charge in [0.2, 0.25) is 0 Å². The molecule has 1 rings (SSSR count). The van der Waals surface area contributed by atoms with E-state index in [0.29, 0.717) is 6.07 Å². The van der Waals surface area contributed by atoms with Crippen LogP contribution >= 0.6 is 23.2 Å². The number of halogens is 6. The predicted octanol–water partition coefficient (Wildman–Crippen LogP) is 3.07. The number of benzene rings is 1. The summed E-state index contributed by atoms with van der Waals surface area (Å²) in [4.78, 5) is 10.1. The molecule has 18 heavy (non-hydrogen) atoms. The summed E-state index contributed by atoms with van der Waals surface area (Å²) in [7, 11) is 0. The molecule has 0 unspecified atom stereocenters. The van der Waals surface area contributed by atoms with Crippen molar-refractivity contribution in [1.82, 2.24) is 0 Å². The number of alkyl halides is 3. The van der Waals surface area contributed by atoms with E-state index in [0.717, 1.165) is 6.07 Å². The normalized spacial score (nSPS) is 12.7. The Bertz CT molecular complexity index is 523. The number of rotatable bonds is 2. The minimum absolute atomic E-state index is 0.273. The molecule has 0 fully saturated rings. The summed E-state index contributed by atoms with van der Waals surface area (Å²) in [5.41, 5.74) is -1.82. The minimum Gasteiger partial charge on any atom is -0.542 e. The van der Waals surface area contributed by atoms with Crippen molar-refractivity contribution < 1.29 is 27.5 Å². The van der Waals surface area contributed by atoms with Crippen molar-refractivity contribution in [3.8, 4) is 0 Å². The van der Waals surface area contributed by atoms with E-state index in [1.165, 1.54) is 0 Å². The van der Waals surface area contributed by atoms with Crippen LogP contribution in [0.4, 0.5) is 17.6 Å². The SMILES string of the molecule is O=C([O-])C(F)=Cc1c(Cl)ccc(C(F)(F)F)c1Cl. The second kappa shape index (κ2) is 5.16. The van der Waals surface area contributed by atoms with Crippen molar-refractivity contribution in [2.45, 2.75) is 6.18 Å². The molecule has 0 spiro atoms. The molecule has 0 atom stereocenters. The molecule has 1 aromatic carbocycles. The summed E-state index contributed by atoms with van der Waals surface area (Å²) in [6.45, 7) is 0. The van der Waals surface area contributed by atoms with Gasteiger partial charge in [-0.25, -0.2) is 4.39 Å². The molecule has 0 saturated heterocycles. The van der Waals surface area contributed by atoms with Crippen LogP contribution in [0.3, 0.4) is 0 Å². The second-order valence-corrected chi connectivity index (χ2v) is 3.89. The van der Waals surface area contributed by atoms with Crippen molar-refractivity contribution in [1.29, 1.82) is 0 Å². The van der Waals surface area contributed by atoms with Gasteiger partial charge in [0.05, 0.1) is 10.6 Å². The van der Waals surface area contributed by atoms with Crippen LogP contribution in [0.1, 0.15) is 11.1 Å². The van der Waals surface area contributed by atoms with E-state index in [2.05, 4.69) is 0 Å². The Morgan fingerprint density at radius 2 is 1.83 bits per heavy atom. The fourth-order valence-corrected chi connectivity index (χ4v) is 1.69. The lowest BCUT2D eigenvalue weighted by Crippen LogP contribution is -2.22. The largest absolute Gasteiger partial charge is 0.542 e. The van der Waals surface area contributed by atoms with Gasteiger partial charge in [0.1, 0.15) is 11.8 Å². The molecule has 0 aliphatic rings. The van der Waals surface area contributed by atoms with E-state index < -0.39 is 34.1 Å². The Morgan fingerprint density at radius 3 is 2.28 bits per heavy atom. The first-order valence-electron chi connectivity index (χ1n) is 4.28. The molecular formula is C10H3Cl2F4O2-. The van der Waals surface area contributed by atoms with Gasteiger partial charge in [-0.05, 0) is 18.2 Å². The first-order chi connectivity index (χ1) is 8.14. The number of hydrogen-bond donors (Lipinski definition) is 0. The molecule has 0 saturated carbocycles. The van der Waals surface area contributed by atoms with Crippen LogP contribution in [-0.2, 0) is 11.0 Å². The fraction of sp³-hybridized carbons (Fsp3) is 0.100. The van der Waals surface area contributed by atoms with E-state index in [1.54, 1.807) is 0 Å². The summed E-state index contributed by atoms with van der Waals surface area (Å²) in [6.07, 6.45) is -4.49. The second-order valence-electron chi connectivity index (χ2n) is 3.10. The Kier molecular flexibility index (Phi) is 4.24. The van der Waals surface area contributed by atoms with Crippen molar-refractivity contribution in [2.24, 2.45) is 0 Å². The number of carbonyl (C=O) groups excluding carboxylic acids is 1. The van der Waals surface area contributed by atoms with Gasteiger partial charge in [-0.3, -0.25) is 0 Å². The molecule has 0 bridgehead atoms. The highest BCUT2D eigenvalue weighted by Crippen LogP contribution is 2.39. The average Bonchev–Trinajstić information content (AvgIpc) is 2.21. The van der Waals surface area contributed by atoms with Gasteiger partial charge >= 0.3 is 6.18 Å². The first-order valence-corrected chi connectivity index (χ1v) is 5.04. The molecule has 0 aromatic heterocycles. The Labute approximate surface area is 108 Å². The van der Waals surface area contributed by atoms with Gasteiger partial charge in [0.15, 0.2) is 0 Å². The highest BCUT2D eigenvalue weighted by atomic mass is 35.5. The van der Waals surface area contributed by atoms with Crippen LogP contribution in [-0.4, -0.2) is 5.97 Å². The molecule has 0 radical (unpaired) electrons. The number of carbonyl (C=O) groups is 1. The van der Waals surface area contributed by atoms with Gasteiger partial charge in [0, 0.05) is 10.6 Å². The molecule has 0 amide bonds. The van der Waals surface area contributed by atoms with Crippen molar-refractivity contribution >= 4 is 35.2 Å². The monoisotopic (exact) mass is 301 g/mol. The van der Waals surface area contributed by atoms with Crippen LogP contribution in [0.25, 0.3) is 6.08 Å². The quantitative estimate of drug-likeness (QED) is 0.622. The lowest BCUT2D eigenvalue weighted by Gasteiger charge is -2.12. The Morgan fingerprint density at radius 1 is 1.28 bits per heavy atom. The van der Waals surface area contributed by atoms with Crippen molar-refractivity contribution in [3.05, 3.63) is 39.1 Å². The van der Waals surface area contributed by atoms with Crippen molar-refractivity contribution in [3.63, 3.8) is 0 Å². The molecule has 2 nitrogen and oxygen atoms in total. The minimum atomic E-state index is -4.76. The number of carboxylic acid groups (broad SMARTS) is 1. The van der Waals surface area contributed by atoms with Gasteiger partial charge < -0.3 is 9.90 Å². The van der Waals surface area contributed by atoms with Crippen LogP contribution in [0.5, 0.6) is 0 Å². The van der Waals surface area contributed by atoms with E-state index in [4.69, 9.17) is 23.2 Å². The Hall–Kier alpha value is -1.27. The third-order valence-electron chi connectivity index (χ3n) is 1.90. The zero-order valence-electron chi connectivity index (χ0n) is 8.32. The van der Waals surface area contributed by atoms with Crippen LogP contribution < -0.4 is 5.11 Å². The van der Waals surface area contributed by atoms with Crippen LogP contribution in [0.2, 0.25) is 10.0 Å². The predicted molar refractivity (Wildman–Crippen MR) is 55.6 cm³/mol. The summed E-state index contributed by atoms with van der Waals surface area (Å²) in [5.74, 6) is -3.96. The summed E-state index contributed by atoms with van der Waals surface area (Å²) in [5, 5.41) is 8.95. The average molecular weight is 302 g/mol. The topological polar surface area (TPSA) is 40.1 Å². The van der Waals surface area contributed by atoms with E-state index in [9.17, 15) is 27.5 Å². The summed E-state index contributed by atoms with van der Waals surface area (Å²) >= 11 is 10.9. The molecular weight excluding hydrogens is 299 g/mol. The lowest BCUT2D eigenvalue weighted by molar-refractivity contribution is -0.301. The molecule has 0 aliphatic carbocycles. The first kappa shape index (κ1) is 14.8. The lowest BCUT2D eigenvalue weighted by atomic mass is 10.1. The molecule has 0 N–H and O–H groups in total. The zero-order valence-corrected chi connectivity index (χ0v) is 9.83. The molecule has 1 aromatic rings. The highest BCUT2D eigenvalue weighted by molar-refractivity contribution is 6.37. The fourth-order valence-electron chi connectivity index (χ4n) is 1.11. The molecule has 0 aliphatic heterocycles. The van der Waals surface area contributed by atoms with E-state index in [1.807, 2.05) is 0 Å². The maximum atomic E-state index is 12.8. The highest BCUT2D eigenvalue weighted by Gasteiger charge is 2.34. The van der Waals surface area contributed by atoms with Crippen molar-refractivity contribution in [2.75, 3.05) is 0 Å². The van der Waals surface area contributed by atoms with Gasteiger partial charge in [-0.1, -0.05) is 23.2 Å². The molecule has 98 valence electrons. The smallest absolute Gasteiger partial charge is 0.417 e. The van der Waals surface area contributed by atoms with E-state index in [-0.39, 0.29) is 11.1 Å². The summed E-state index contributed by atoms with van der Waals surface area (Å²) < 4.78 is 50.3. The van der Waals surface area contributed by atoms with Gasteiger partial charge in [-0.2, -0.15) is 13.2 Å². The maximum Gasteiger partial charge on any atom is 0.417 e. The maximum absolute atomic E-state index is 12.8. The van der Waals surface area contributed by atoms with Gasteiger partial charge in [-0.15, -0.1) is 0 Å². The third-order valence-corrected chi connectivity index (χ3v) is 2.63.